The molecule has 3 aromatic rings. The van der Waals surface area contributed by atoms with Crippen LogP contribution in [0.15, 0.2) is 87.5 Å². The van der Waals surface area contributed by atoms with E-state index >= 15 is 0 Å². The van der Waals surface area contributed by atoms with E-state index < -0.39 is 44.1 Å². The van der Waals surface area contributed by atoms with Gasteiger partial charge in [0.25, 0.3) is 0 Å². The third-order valence-electron chi connectivity index (χ3n) is 7.47. The van der Waals surface area contributed by atoms with Crippen molar-refractivity contribution >= 4 is 27.0 Å². The molecular formula is C33H39F2O7S2+. The molecule has 0 radical (unpaired) electrons. The lowest BCUT2D eigenvalue weighted by atomic mass is 9.87. The third kappa shape index (κ3) is 7.34. The van der Waals surface area contributed by atoms with Crippen LogP contribution < -0.4 is 0 Å². The van der Waals surface area contributed by atoms with Crippen LogP contribution in [-0.4, -0.2) is 43.5 Å². The number of rotatable bonds is 8. The van der Waals surface area contributed by atoms with Gasteiger partial charge in [0.05, 0.1) is 29.7 Å². The number of ether oxygens (including phenoxy) is 3. The molecule has 0 bridgehead atoms. The first kappa shape index (κ1) is 34.1. The molecule has 1 saturated heterocycles. The van der Waals surface area contributed by atoms with Gasteiger partial charge >= 0.3 is 21.3 Å². The average Bonchev–Trinajstić information content (AvgIpc) is 2.95. The zero-order valence-electron chi connectivity index (χ0n) is 25.9. The van der Waals surface area contributed by atoms with Gasteiger partial charge in [0.2, 0.25) is 0 Å². The molecule has 11 heteroatoms. The zero-order chi connectivity index (χ0) is 32.7. The molecule has 0 aliphatic carbocycles. The number of benzene rings is 3. The van der Waals surface area contributed by atoms with Crippen molar-refractivity contribution in [1.82, 2.24) is 0 Å². The smallest absolute Gasteiger partial charge is 0.405 e. The maximum atomic E-state index is 13.9. The highest BCUT2D eigenvalue weighted by molar-refractivity contribution is 7.97. The molecule has 2 unspecified atom stereocenters. The number of esters is 1. The Hall–Kier alpha value is -2.83. The van der Waals surface area contributed by atoms with Crippen LogP contribution in [0.4, 0.5) is 8.78 Å². The molecule has 2 atom stereocenters. The molecule has 0 spiro atoms. The Kier molecular flexibility index (Phi) is 9.42. The molecule has 1 aliphatic rings. The largest absolute Gasteiger partial charge is 0.451 e. The third-order valence-corrected chi connectivity index (χ3v) is 10.7. The van der Waals surface area contributed by atoms with Gasteiger partial charge in [0.15, 0.2) is 26.6 Å². The molecule has 0 amide bonds. The van der Waals surface area contributed by atoms with E-state index in [9.17, 15) is 22.0 Å². The first-order chi connectivity index (χ1) is 20.2. The summed E-state index contributed by atoms with van der Waals surface area (Å²) in [7, 11) is -6.38. The van der Waals surface area contributed by atoms with Crippen molar-refractivity contribution in [2.24, 2.45) is 5.41 Å². The van der Waals surface area contributed by atoms with Gasteiger partial charge in [0.1, 0.15) is 0 Å². The molecule has 1 fully saturated rings. The fourth-order valence-corrected chi connectivity index (χ4v) is 7.05. The first-order valence-electron chi connectivity index (χ1n) is 14.1. The van der Waals surface area contributed by atoms with E-state index in [1.165, 1.54) is 17.7 Å². The van der Waals surface area contributed by atoms with Crippen molar-refractivity contribution in [3.63, 3.8) is 0 Å². The monoisotopic (exact) mass is 649 g/mol. The fourth-order valence-electron chi connectivity index (χ4n) is 4.54. The number of carbonyl (C=O) groups excluding carboxylic acids is 1. The molecule has 44 heavy (non-hydrogen) atoms. The lowest BCUT2D eigenvalue weighted by Crippen LogP contribution is -2.43. The van der Waals surface area contributed by atoms with Crippen molar-refractivity contribution in [2.75, 3.05) is 13.2 Å². The molecule has 1 N–H and O–H groups in total. The number of carbonyl (C=O) groups is 1. The lowest BCUT2D eigenvalue weighted by molar-refractivity contribution is -0.298. The van der Waals surface area contributed by atoms with Crippen LogP contribution in [0.1, 0.15) is 70.0 Å². The van der Waals surface area contributed by atoms with Gasteiger partial charge in [-0.25, -0.2) is 4.79 Å². The van der Waals surface area contributed by atoms with E-state index in [2.05, 4.69) is 63.6 Å². The van der Waals surface area contributed by atoms with Crippen molar-refractivity contribution in [3.8, 4) is 0 Å². The van der Waals surface area contributed by atoms with Gasteiger partial charge < -0.3 is 14.2 Å². The number of alkyl halides is 2. The summed E-state index contributed by atoms with van der Waals surface area (Å²) in [5.74, 6) is -2.01. The van der Waals surface area contributed by atoms with Gasteiger partial charge in [0, 0.05) is 11.0 Å². The molecule has 7 nitrogen and oxygen atoms in total. The summed E-state index contributed by atoms with van der Waals surface area (Å²) >= 11 is 0. The topological polar surface area (TPSA) is 99.1 Å². The maximum Gasteiger partial charge on any atom is 0.405 e. The zero-order valence-corrected chi connectivity index (χ0v) is 27.5. The number of hydrogen-bond donors (Lipinski definition) is 1. The Balaban J connectivity index is 1.65. The Morgan fingerprint density at radius 1 is 0.864 bits per heavy atom. The van der Waals surface area contributed by atoms with E-state index in [4.69, 9.17) is 14.0 Å². The summed E-state index contributed by atoms with van der Waals surface area (Å²) < 4.78 is 75.7. The van der Waals surface area contributed by atoms with E-state index in [-0.39, 0.29) is 16.4 Å². The molecular weight excluding hydrogens is 610 g/mol. The first-order valence-corrected chi connectivity index (χ1v) is 16.8. The lowest BCUT2D eigenvalue weighted by Gasteiger charge is -2.41. The molecule has 238 valence electrons. The minimum atomic E-state index is -5.77. The predicted octanol–water partition coefficient (Wildman–Crippen LogP) is 7.35. The van der Waals surface area contributed by atoms with E-state index in [1.54, 1.807) is 12.1 Å². The molecule has 0 aromatic heterocycles. The van der Waals surface area contributed by atoms with E-state index in [0.29, 0.717) is 20.1 Å². The highest BCUT2D eigenvalue weighted by Gasteiger charge is 2.52. The van der Waals surface area contributed by atoms with Crippen molar-refractivity contribution in [2.45, 2.75) is 85.7 Å². The molecule has 1 aliphatic heterocycles. The van der Waals surface area contributed by atoms with E-state index in [0.717, 1.165) is 20.2 Å². The quantitative estimate of drug-likeness (QED) is 0.155. The van der Waals surface area contributed by atoms with Crippen LogP contribution in [0.5, 0.6) is 0 Å². The molecule has 0 saturated carbocycles. The van der Waals surface area contributed by atoms with Crippen LogP contribution in [0.3, 0.4) is 0 Å². The molecule has 4 rings (SSSR count). The standard InChI is InChI=1S/C33H38F2O7S2/c1-22(33(34,35)44(37,38)39)42-29(36)23-8-14-26(15-9-23)43(27-16-10-24(11-17-27)30(2,3)4)28-18-12-25(13-19-28)32(7)40-20-31(5,6)21-41-32/h8-19,22H,20-21H2,1-7H3/p+1. The summed E-state index contributed by atoms with van der Waals surface area (Å²) in [5.41, 5.74) is 1.91. The van der Waals surface area contributed by atoms with Gasteiger partial charge in [-0.2, -0.15) is 17.2 Å². The Bertz CT molecular complexity index is 1570. The summed E-state index contributed by atoms with van der Waals surface area (Å²) in [5, 5.41) is -4.65. The Labute approximate surface area is 261 Å². The SMILES string of the molecule is CC(OC(=O)c1ccc([S+](c2ccc(C(C)(C)C)cc2)c2ccc(C3(C)OCC(C)(C)CO3)cc2)cc1)C(F)(F)S(=O)(=O)O. The summed E-state index contributed by atoms with van der Waals surface area (Å²) in [6, 6.07) is 22.7. The van der Waals surface area contributed by atoms with Crippen molar-refractivity contribution < 1.29 is 40.8 Å². The van der Waals surface area contributed by atoms with Crippen molar-refractivity contribution in [3.05, 3.63) is 89.5 Å². The summed E-state index contributed by atoms with van der Waals surface area (Å²) in [6.45, 7) is 14.3. The summed E-state index contributed by atoms with van der Waals surface area (Å²) in [4.78, 5) is 15.5. The van der Waals surface area contributed by atoms with Crippen LogP contribution in [-0.2, 0) is 46.4 Å². The van der Waals surface area contributed by atoms with Gasteiger partial charge in [-0.15, -0.1) is 0 Å². The van der Waals surface area contributed by atoms with Gasteiger partial charge in [-0.05, 0) is 85.5 Å². The molecule has 1 heterocycles. The van der Waals surface area contributed by atoms with Gasteiger partial charge in [-0.3, -0.25) is 4.55 Å². The Morgan fingerprint density at radius 2 is 1.30 bits per heavy atom. The fraction of sp³-hybridized carbons (Fsp3) is 0.424. The average molecular weight is 650 g/mol. The van der Waals surface area contributed by atoms with E-state index in [1.807, 2.05) is 31.2 Å². The summed E-state index contributed by atoms with van der Waals surface area (Å²) in [6.07, 6.45) is -2.40. The second-order valence-electron chi connectivity index (χ2n) is 12.9. The van der Waals surface area contributed by atoms with Crippen LogP contribution in [0.25, 0.3) is 0 Å². The van der Waals surface area contributed by atoms with Gasteiger partial charge in [-0.1, -0.05) is 46.8 Å². The van der Waals surface area contributed by atoms with Crippen molar-refractivity contribution in [1.29, 1.82) is 0 Å². The minimum absolute atomic E-state index is 0.0336. The Morgan fingerprint density at radius 3 is 1.73 bits per heavy atom. The maximum absolute atomic E-state index is 13.9. The molecule has 3 aromatic carbocycles. The van der Waals surface area contributed by atoms with Crippen LogP contribution in [0.2, 0.25) is 0 Å². The second kappa shape index (κ2) is 12.2. The predicted molar refractivity (Wildman–Crippen MR) is 165 cm³/mol. The second-order valence-corrected chi connectivity index (χ2v) is 16.4. The van der Waals surface area contributed by atoms with Crippen LogP contribution >= 0.6 is 0 Å². The minimum Gasteiger partial charge on any atom is -0.451 e. The normalized spacial score (nSPS) is 18.3. The number of halogens is 2. The van der Waals surface area contributed by atoms with Crippen LogP contribution in [0, 0.1) is 5.41 Å². The highest BCUT2D eigenvalue weighted by Crippen LogP contribution is 2.38. The number of hydrogen-bond acceptors (Lipinski definition) is 6. The highest BCUT2D eigenvalue weighted by atomic mass is 32.2.